The molecule has 106 valence electrons. The lowest BCUT2D eigenvalue weighted by atomic mass is 9.97. The van der Waals surface area contributed by atoms with Gasteiger partial charge in [-0.2, -0.15) is 0 Å². The van der Waals surface area contributed by atoms with Crippen LogP contribution in [0, 0.1) is 6.92 Å². The molecule has 0 saturated carbocycles. The maximum absolute atomic E-state index is 11.6. The Balaban J connectivity index is 2.69. The van der Waals surface area contributed by atoms with Gasteiger partial charge in [-0.25, -0.2) is 9.59 Å². The third-order valence-electron chi connectivity index (χ3n) is 3.80. The second-order valence-electron chi connectivity index (χ2n) is 5.03. The maximum Gasteiger partial charge on any atom is 0.337 e. The van der Waals surface area contributed by atoms with Gasteiger partial charge in [0.2, 0.25) is 0 Å². The highest BCUT2D eigenvalue weighted by Crippen LogP contribution is 2.34. The van der Waals surface area contributed by atoms with Gasteiger partial charge in [0.15, 0.2) is 0 Å². The number of aryl methyl sites for hydroxylation is 2. The van der Waals surface area contributed by atoms with E-state index in [9.17, 15) is 19.8 Å². The Morgan fingerprint density at radius 3 is 2.38 bits per heavy atom. The van der Waals surface area contributed by atoms with Crippen LogP contribution in [0.1, 0.15) is 26.3 Å². The summed E-state index contributed by atoms with van der Waals surface area (Å²) >= 11 is 0. The van der Waals surface area contributed by atoms with Gasteiger partial charge in [-0.1, -0.05) is 18.2 Å². The van der Waals surface area contributed by atoms with Crippen molar-refractivity contribution in [2.45, 2.75) is 6.92 Å². The number of carboxylic acid groups (broad SMARTS) is 2. The number of carbonyl (C=O) groups is 2. The van der Waals surface area contributed by atoms with Crippen molar-refractivity contribution >= 4 is 33.7 Å². The van der Waals surface area contributed by atoms with Gasteiger partial charge >= 0.3 is 11.9 Å². The summed E-state index contributed by atoms with van der Waals surface area (Å²) in [4.78, 5) is 23.0. The van der Waals surface area contributed by atoms with Crippen LogP contribution in [0.15, 0.2) is 30.3 Å². The minimum absolute atomic E-state index is 0.153. The zero-order valence-corrected chi connectivity index (χ0v) is 11.5. The summed E-state index contributed by atoms with van der Waals surface area (Å²) in [6, 6.07) is 8.81. The quantitative estimate of drug-likeness (QED) is 0.757. The molecule has 3 rings (SSSR count). The average Bonchev–Trinajstić information content (AvgIpc) is 2.73. The predicted octanol–water partition coefficient (Wildman–Crippen LogP) is 3.04. The first-order valence-electron chi connectivity index (χ1n) is 6.40. The molecular weight excluding hydrogens is 270 g/mol. The number of hydrogen-bond acceptors (Lipinski definition) is 2. The lowest BCUT2D eigenvalue weighted by Gasteiger charge is -2.08. The molecule has 2 aromatic carbocycles. The lowest BCUT2D eigenvalue weighted by molar-refractivity contribution is 0.0653. The average molecular weight is 283 g/mol. The highest BCUT2D eigenvalue weighted by Gasteiger charge is 2.24. The molecule has 5 nitrogen and oxygen atoms in total. The van der Waals surface area contributed by atoms with E-state index in [4.69, 9.17) is 0 Å². The number of rotatable bonds is 2. The molecule has 0 spiro atoms. The first kappa shape index (κ1) is 13.2. The largest absolute Gasteiger partial charge is 0.478 e. The fraction of sp³-hybridized carbons (Fsp3) is 0.125. The Morgan fingerprint density at radius 1 is 1.10 bits per heavy atom. The molecule has 21 heavy (non-hydrogen) atoms. The van der Waals surface area contributed by atoms with Gasteiger partial charge in [-0.3, -0.25) is 0 Å². The minimum atomic E-state index is -1.23. The van der Waals surface area contributed by atoms with Crippen LogP contribution < -0.4 is 0 Å². The maximum atomic E-state index is 11.6. The Labute approximate surface area is 120 Å². The van der Waals surface area contributed by atoms with Crippen LogP contribution in [0.5, 0.6) is 0 Å². The number of hydrogen-bond donors (Lipinski definition) is 2. The molecule has 0 saturated heterocycles. The molecule has 0 unspecified atom stereocenters. The van der Waals surface area contributed by atoms with Crippen LogP contribution >= 0.6 is 0 Å². The first-order chi connectivity index (χ1) is 9.93. The molecule has 1 aromatic heterocycles. The predicted molar refractivity (Wildman–Crippen MR) is 79.1 cm³/mol. The molecule has 3 aromatic rings. The molecular formula is C16H13NO4. The van der Waals surface area contributed by atoms with Gasteiger partial charge in [0.25, 0.3) is 0 Å². The number of nitrogens with zero attached hydrogens (tertiary/aromatic N) is 1. The van der Waals surface area contributed by atoms with E-state index in [1.54, 1.807) is 6.92 Å². The topological polar surface area (TPSA) is 79.5 Å². The smallest absolute Gasteiger partial charge is 0.337 e. The van der Waals surface area contributed by atoms with Gasteiger partial charge in [-0.05, 0) is 24.6 Å². The van der Waals surface area contributed by atoms with Crippen molar-refractivity contribution in [3.05, 3.63) is 47.0 Å². The summed E-state index contributed by atoms with van der Waals surface area (Å²) < 4.78 is 1.90. The number of para-hydroxylation sites is 1. The number of aromatic carboxylic acids is 2. The van der Waals surface area contributed by atoms with E-state index in [0.717, 1.165) is 22.0 Å². The Hall–Kier alpha value is -2.82. The van der Waals surface area contributed by atoms with Crippen molar-refractivity contribution in [3.8, 4) is 0 Å². The van der Waals surface area contributed by atoms with Crippen LogP contribution in [0.4, 0.5) is 0 Å². The van der Waals surface area contributed by atoms with E-state index in [2.05, 4.69) is 0 Å². The molecule has 5 heteroatoms. The van der Waals surface area contributed by atoms with E-state index in [-0.39, 0.29) is 11.1 Å². The fourth-order valence-corrected chi connectivity index (χ4v) is 2.99. The highest BCUT2D eigenvalue weighted by molar-refractivity contribution is 6.21. The van der Waals surface area contributed by atoms with Crippen LogP contribution in [0.25, 0.3) is 21.8 Å². The normalized spacial score (nSPS) is 11.1. The van der Waals surface area contributed by atoms with Crippen LogP contribution in [-0.4, -0.2) is 26.7 Å². The van der Waals surface area contributed by atoms with E-state index < -0.39 is 11.9 Å². The number of carboxylic acids is 2. The SMILES string of the molecule is Cc1cc(C(=O)O)c(C(=O)O)c2c3ccccc3n(C)c12. The van der Waals surface area contributed by atoms with Crippen molar-refractivity contribution in [2.75, 3.05) is 0 Å². The van der Waals surface area contributed by atoms with Gasteiger partial charge in [0, 0.05) is 23.3 Å². The second kappa shape index (κ2) is 4.34. The summed E-state index contributed by atoms with van der Waals surface area (Å²) in [5, 5.41) is 20.0. The minimum Gasteiger partial charge on any atom is -0.478 e. The summed E-state index contributed by atoms with van der Waals surface area (Å²) in [5.74, 6) is -2.46. The molecule has 0 amide bonds. The number of benzene rings is 2. The molecule has 0 bridgehead atoms. The summed E-state index contributed by atoms with van der Waals surface area (Å²) in [5.41, 5.74) is 2.04. The monoisotopic (exact) mass is 283 g/mol. The zero-order valence-electron chi connectivity index (χ0n) is 11.5. The summed E-state index contributed by atoms with van der Waals surface area (Å²) in [6.45, 7) is 1.79. The molecule has 0 aliphatic carbocycles. The molecule has 0 atom stereocenters. The third kappa shape index (κ3) is 1.71. The Morgan fingerprint density at radius 2 is 1.76 bits per heavy atom. The molecule has 0 aliphatic heterocycles. The second-order valence-corrected chi connectivity index (χ2v) is 5.03. The summed E-state index contributed by atoms with van der Waals surface area (Å²) in [6.07, 6.45) is 0. The first-order valence-corrected chi connectivity index (χ1v) is 6.40. The highest BCUT2D eigenvalue weighted by atomic mass is 16.4. The van der Waals surface area contributed by atoms with E-state index in [1.807, 2.05) is 35.9 Å². The summed E-state index contributed by atoms with van der Waals surface area (Å²) in [7, 11) is 1.85. The van der Waals surface area contributed by atoms with Crippen molar-refractivity contribution in [2.24, 2.45) is 7.05 Å². The van der Waals surface area contributed by atoms with Crippen molar-refractivity contribution in [1.29, 1.82) is 0 Å². The van der Waals surface area contributed by atoms with Gasteiger partial charge < -0.3 is 14.8 Å². The standard InChI is InChI=1S/C16H13NO4/c1-8-7-10(15(18)19)13(16(20)21)12-9-5-3-4-6-11(9)17(2)14(8)12/h3-7H,1-2H3,(H,18,19)(H,20,21). The Kier molecular flexibility index (Phi) is 2.73. The molecule has 1 heterocycles. The van der Waals surface area contributed by atoms with E-state index in [0.29, 0.717) is 5.39 Å². The molecule has 2 N–H and O–H groups in total. The molecule has 0 fully saturated rings. The van der Waals surface area contributed by atoms with Crippen LogP contribution in [0.2, 0.25) is 0 Å². The van der Waals surface area contributed by atoms with Gasteiger partial charge in [0.05, 0.1) is 16.6 Å². The third-order valence-corrected chi connectivity index (χ3v) is 3.80. The molecule has 0 aliphatic rings. The van der Waals surface area contributed by atoms with Crippen molar-refractivity contribution in [1.82, 2.24) is 4.57 Å². The van der Waals surface area contributed by atoms with Crippen LogP contribution in [-0.2, 0) is 7.05 Å². The zero-order chi connectivity index (χ0) is 15.3. The number of aromatic nitrogens is 1. The van der Waals surface area contributed by atoms with Crippen molar-refractivity contribution < 1.29 is 19.8 Å². The van der Waals surface area contributed by atoms with E-state index in [1.165, 1.54) is 6.07 Å². The van der Waals surface area contributed by atoms with Crippen LogP contribution in [0.3, 0.4) is 0 Å². The van der Waals surface area contributed by atoms with Gasteiger partial charge in [0.1, 0.15) is 0 Å². The Bertz CT molecular complexity index is 921. The fourth-order valence-electron chi connectivity index (χ4n) is 2.99. The van der Waals surface area contributed by atoms with Crippen molar-refractivity contribution in [3.63, 3.8) is 0 Å². The lowest BCUT2D eigenvalue weighted by Crippen LogP contribution is -2.09. The molecule has 0 radical (unpaired) electrons. The van der Waals surface area contributed by atoms with E-state index >= 15 is 0 Å². The number of fused-ring (bicyclic) bond motifs is 3. The van der Waals surface area contributed by atoms with Gasteiger partial charge in [-0.15, -0.1) is 0 Å².